The molecule has 0 aliphatic carbocycles. The zero-order chi connectivity index (χ0) is 12.1. The molecule has 1 saturated heterocycles. The number of hydrogen-bond donors (Lipinski definition) is 1. The highest BCUT2D eigenvalue weighted by Crippen LogP contribution is 2.19. The van der Waals surface area contributed by atoms with E-state index < -0.39 is 0 Å². The van der Waals surface area contributed by atoms with Crippen molar-refractivity contribution >= 4 is 11.8 Å². The van der Waals surface area contributed by atoms with Crippen molar-refractivity contribution in [1.29, 1.82) is 0 Å². The van der Waals surface area contributed by atoms with Crippen LogP contribution in [0.25, 0.3) is 0 Å². The second kappa shape index (κ2) is 5.80. The van der Waals surface area contributed by atoms with Gasteiger partial charge in [-0.25, -0.2) is 0 Å². The lowest BCUT2D eigenvalue weighted by Gasteiger charge is -2.28. The van der Waals surface area contributed by atoms with Crippen molar-refractivity contribution in [3.8, 4) is 0 Å². The molecule has 2 amide bonds. The predicted molar refractivity (Wildman–Crippen MR) is 62.8 cm³/mol. The van der Waals surface area contributed by atoms with Gasteiger partial charge in [0.1, 0.15) is 0 Å². The van der Waals surface area contributed by atoms with Crippen LogP contribution < -0.4 is 5.32 Å². The van der Waals surface area contributed by atoms with Gasteiger partial charge in [0.2, 0.25) is 11.8 Å². The van der Waals surface area contributed by atoms with Crippen molar-refractivity contribution in [1.82, 2.24) is 10.2 Å². The Kier molecular flexibility index (Phi) is 4.68. The lowest BCUT2D eigenvalue weighted by Crippen LogP contribution is -2.44. The summed E-state index contributed by atoms with van der Waals surface area (Å²) in [5, 5.41) is 3.13. The van der Waals surface area contributed by atoms with E-state index in [1.54, 1.807) is 0 Å². The molecule has 0 unspecified atom stereocenters. The molecule has 0 spiro atoms. The average Bonchev–Trinajstić information content (AvgIpc) is 2.20. The summed E-state index contributed by atoms with van der Waals surface area (Å²) in [5.74, 6) is 0.0427. The molecule has 1 aliphatic rings. The molecule has 4 heteroatoms. The number of nitrogens with one attached hydrogen (secondary N) is 1. The molecule has 0 bridgehead atoms. The van der Waals surface area contributed by atoms with E-state index in [0.29, 0.717) is 25.9 Å². The molecule has 16 heavy (non-hydrogen) atoms. The van der Waals surface area contributed by atoms with Crippen molar-refractivity contribution in [3.63, 3.8) is 0 Å². The van der Waals surface area contributed by atoms with Gasteiger partial charge in [0.25, 0.3) is 0 Å². The lowest BCUT2D eigenvalue weighted by molar-refractivity contribution is -0.149. The maximum Gasteiger partial charge on any atom is 0.229 e. The van der Waals surface area contributed by atoms with E-state index in [1.165, 1.54) is 4.90 Å². The second-order valence-electron chi connectivity index (χ2n) is 4.42. The number of amides is 2. The monoisotopic (exact) mass is 224 g/mol. The summed E-state index contributed by atoms with van der Waals surface area (Å²) in [5.41, 5.74) is 0.873. The number of nitrogens with zero attached hydrogens (tertiary/aromatic N) is 1. The van der Waals surface area contributed by atoms with Gasteiger partial charge >= 0.3 is 0 Å². The first-order chi connectivity index (χ1) is 7.54. The molecule has 0 aromatic carbocycles. The highest BCUT2D eigenvalue weighted by molar-refractivity contribution is 5.98. The number of likely N-dealkylation sites (tertiary alicyclic amines) is 1. The normalized spacial score (nSPS) is 18.0. The minimum absolute atomic E-state index is 0.0681. The maximum atomic E-state index is 11.7. The Morgan fingerprint density at radius 1 is 1.44 bits per heavy atom. The van der Waals surface area contributed by atoms with E-state index in [4.69, 9.17) is 0 Å². The van der Waals surface area contributed by atoms with Crippen LogP contribution in [0, 0.1) is 5.92 Å². The molecule has 1 heterocycles. The minimum atomic E-state index is -0.0681. The third kappa shape index (κ3) is 3.45. The molecule has 90 valence electrons. The summed E-state index contributed by atoms with van der Waals surface area (Å²) in [7, 11) is 0. The first kappa shape index (κ1) is 12.9. The molecule has 4 nitrogen and oxygen atoms in total. The summed E-state index contributed by atoms with van der Waals surface area (Å²) in [6.45, 7) is 9.68. The van der Waals surface area contributed by atoms with Crippen molar-refractivity contribution in [2.24, 2.45) is 5.92 Å². The van der Waals surface area contributed by atoms with Crippen LogP contribution in [0.15, 0.2) is 12.2 Å². The number of carbonyl (C=O) groups excluding carboxylic acids is 2. The largest absolute Gasteiger partial charge is 0.313 e. The van der Waals surface area contributed by atoms with Gasteiger partial charge in [-0.15, -0.1) is 0 Å². The standard InChI is InChI=1S/C12H20N2O2/c1-4-13-7-10(3)8-14-11(15)5-9(2)6-12(14)16/h9,13H,3-8H2,1-2H3. The van der Waals surface area contributed by atoms with Crippen LogP contribution in [-0.2, 0) is 9.59 Å². The minimum Gasteiger partial charge on any atom is -0.313 e. The molecule has 1 fully saturated rings. The Bertz CT molecular complexity index is 281. The molecule has 0 aromatic rings. The van der Waals surface area contributed by atoms with Gasteiger partial charge in [0.05, 0.1) is 6.54 Å². The fourth-order valence-electron chi connectivity index (χ4n) is 1.79. The number of rotatable bonds is 5. The maximum absolute atomic E-state index is 11.7. The Hall–Kier alpha value is -1.16. The number of likely N-dealkylation sites (N-methyl/N-ethyl adjacent to an activating group) is 1. The molecule has 0 saturated carbocycles. The van der Waals surface area contributed by atoms with Crippen LogP contribution >= 0.6 is 0 Å². The first-order valence-electron chi connectivity index (χ1n) is 5.75. The number of hydrogen-bond acceptors (Lipinski definition) is 3. The summed E-state index contributed by atoms with van der Waals surface area (Å²) in [6, 6.07) is 0. The molecule has 1 aliphatic heterocycles. The highest BCUT2D eigenvalue weighted by atomic mass is 16.2. The van der Waals surface area contributed by atoms with E-state index in [-0.39, 0.29) is 17.7 Å². The topological polar surface area (TPSA) is 49.4 Å². The van der Waals surface area contributed by atoms with Gasteiger partial charge < -0.3 is 5.32 Å². The summed E-state index contributed by atoms with van der Waals surface area (Å²) < 4.78 is 0. The molecule has 0 atom stereocenters. The quantitative estimate of drug-likeness (QED) is 0.558. The van der Waals surface area contributed by atoms with Crippen LogP contribution in [0.2, 0.25) is 0 Å². The first-order valence-corrected chi connectivity index (χ1v) is 5.75. The van der Waals surface area contributed by atoms with Crippen LogP contribution in [-0.4, -0.2) is 36.3 Å². The van der Waals surface area contributed by atoms with Gasteiger partial charge in [-0.05, 0) is 18.0 Å². The van der Waals surface area contributed by atoms with E-state index >= 15 is 0 Å². The Morgan fingerprint density at radius 2 is 2.00 bits per heavy atom. The van der Waals surface area contributed by atoms with Gasteiger partial charge in [0.15, 0.2) is 0 Å². The molecular weight excluding hydrogens is 204 g/mol. The zero-order valence-electron chi connectivity index (χ0n) is 10.1. The molecule has 0 radical (unpaired) electrons. The van der Waals surface area contributed by atoms with E-state index in [2.05, 4.69) is 11.9 Å². The van der Waals surface area contributed by atoms with E-state index in [0.717, 1.165) is 12.1 Å². The van der Waals surface area contributed by atoms with E-state index in [1.807, 2.05) is 13.8 Å². The summed E-state index contributed by atoms with van der Waals surface area (Å²) in [6.07, 6.45) is 0.945. The second-order valence-corrected chi connectivity index (χ2v) is 4.42. The molecule has 1 rings (SSSR count). The average molecular weight is 224 g/mol. The third-order valence-corrected chi connectivity index (χ3v) is 2.65. The van der Waals surface area contributed by atoms with Crippen molar-refractivity contribution in [2.45, 2.75) is 26.7 Å². The van der Waals surface area contributed by atoms with Crippen LogP contribution in [0.3, 0.4) is 0 Å². The Balaban J connectivity index is 2.49. The number of imide groups is 1. The smallest absolute Gasteiger partial charge is 0.229 e. The molecular formula is C12H20N2O2. The number of carbonyl (C=O) groups is 2. The van der Waals surface area contributed by atoms with Crippen molar-refractivity contribution in [2.75, 3.05) is 19.6 Å². The highest BCUT2D eigenvalue weighted by Gasteiger charge is 2.30. The van der Waals surface area contributed by atoms with Gasteiger partial charge in [0, 0.05) is 19.4 Å². The summed E-state index contributed by atoms with van der Waals surface area (Å²) in [4.78, 5) is 24.7. The lowest BCUT2D eigenvalue weighted by atomic mass is 9.97. The third-order valence-electron chi connectivity index (χ3n) is 2.65. The summed E-state index contributed by atoms with van der Waals surface area (Å²) >= 11 is 0. The SMILES string of the molecule is C=C(CNCC)CN1C(=O)CC(C)CC1=O. The fourth-order valence-corrected chi connectivity index (χ4v) is 1.79. The molecule has 0 aromatic heterocycles. The number of piperidine rings is 1. The van der Waals surface area contributed by atoms with Gasteiger partial charge in [-0.2, -0.15) is 0 Å². The Morgan fingerprint density at radius 3 is 2.50 bits per heavy atom. The predicted octanol–water partition coefficient (Wildman–Crippen LogP) is 0.937. The van der Waals surface area contributed by atoms with Crippen LogP contribution in [0.4, 0.5) is 0 Å². The van der Waals surface area contributed by atoms with Crippen molar-refractivity contribution < 1.29 is 9.59 Å². The van der Waals surface area contributed by atoms with E-state index in [9.17, 15) is 9.59 Å². The van der Waals surface area contributed by atoms with Crippen LogP contribution in [0.1, 0.15) is 26.7 Å². The molecule has 1 N–H and O–H groups in total. The van der Waals surface area contributed by atoms with Gasteiger partial charge in [-0.3, -0.25) is 14.5 Å². The zero-order valence-corrected chi connectivity index (χ0v) is 10.1. The fraction of sp³-hybridized carbons (Fsp3) is 0.667. The Labute approximate surface area is 96.7 Å². The van der Waals surface area contributed by atoms with Crippen molar-refractivity contribution in [3.05, 3.63) is 12.2 Å². The van der Waals surface area contributed by atoms with Gasteiger partial charge in [-0.1, -0.05) is 20.4 Å². The van der Waals surface area contributed by atoms with Crippen LogP contribution in [0.5, 0.6) is 0 Å².